The van der Waals surface area contributed by atoms with Crippen LogP contribution in [0.3, 0.4) is 0 Å². The van der Waals surface area contributed by atoms with Crippen LogP contribution in [0.25, 0.3) is 11.4 Å². The van der Waals surface area contributed by atoms with Gasteiger partial charge >= 0.3 is 5.69 Å². The van der Waals surface area contributed by atoms with E-state index in [1.54, 1.807) is 0 Å². The third-order valence-corrected chi connectivity index (χ3v) is 2.44. The van der Waals surface area contributed by atoms with Crippen molar-refractivity contribution in [3.63, 3.8) is 0 Å². The van der Waals surface area contributed by atoms with Gasteiger partial charge in [0.15, 0.2) is 5.75 Å². The van der Waals surface area contributed by atoms with Crippen molar-refractivity contribution in [2.75, 3.05) is 0 Å². The van der Waals surface area contributed by atoms with Gasteiger partial charge in [0.25, 0.3) is 0 Å². The Labute approximate surface area is 105 Å². The zero-order valence-electron chi connectivity index (χ0n) is 8.92. The average molecular weight is 272 g/mol. The molecule has 0 saturated heterocycles. The van der Waals surface area contributed by atoms with E-state index in [-0.39, 0.29) is 22.3 Å². The number of nitrogens with zero attached hydrogens (tertiary/aromatic N) is 3. The van der Waals surface area contributed by atoms with Crippen molar-refractivity contribution >= 4 is 17.3 Å². The first kappa shape index (κ1) is 12.1. The van der Waals surface area contributed by atoms with Crippen molar-refractivity contribution in [3.05, 3.63) is 27.1 Å². The summed E-state index contributed by atoms with van der Waals surface area (Å²) >= 11 is 5.80. The molecule has 0 aliphatic rings. The highest BCUT2D eigenvalue weighted by molar-refractivity contribution is 6.34. The molecule has 2 N–H and O–H groups in total. The topological polar surface area (TPSA) is 123 Å². The minimum atomic E-state index is -0.901. The van der Waals surface area contributed by atoms with Gasteiger partial charge in [-0.2, -0.15) is 4.98 Å². The lowest BCUT2D eigenvalue weighted by Gasteiger charge is -2.04. The highest BCUT2D eigenvalue weighted by Crippen LogP contribution is 2.46. The second-order valence-corrected chi connectivity index (χ2v) is 3.75. The number of phenolic OH excluding ortho intramolecular Hbond substituents is 2. The molecule has 8 nitrogen and oxygen atoms in total. The standard InChI is InChI=1S/C9H6ClN3O5/c1-3-11-9(12-18-3)6-4(10)2-5(14)8(15)7(6)13(16)17/h2,14-15H,1H3. The van der Waals surface area contributed by atoms with Crippen LogP contribution >= 0.6 is 11.6 Å². The molecule has 1 aromatic heterocycles. The molecular weight excluding hydrogens is 266 g/mol. The van der Waals surface area contributed by atoms with Gasteiger partial charge in [-0.25, -0.2) is 0 Å². The van der Waals surface area contributed by atoms with Crippen molar-refractivity contribution in [2.24, 2.45) is 0 Å². The zero-order chi connectivity index (χ0) is 13.4. The number of nitro groups is 1. The molecule has 0 atom stereocenters. The molecule has 0 bridgehead atoms. The van der Waals surface area contributed by atoms with Gasteiger partial charge in [0.2, 0.25) is 17.5 Å². The number of aromatic hydroxyl groups is 2. The molecule has 0 amide bonds. The summed E-state index contributed by atoms with van der Waals surface area (Å²) in [5.41, 5.74) is -0.991. The lowest BCUT2D eigenvalue weighted by molar-refractivity contribution is -0.385. The highest BCUT2D eigenvalue weighted by Gasteiger charge is 2.30. The maximum Gasteiger partial charge on any atom is 0.327 e. The first-order valence-corrected chi connectivity index (χ1v) is 4.99. The molecule has 0 saturated carbocycles. The highest BCUT2D eigenvalue weighted by atomic mass is 35.5. The Morgan fingerprint density at radius 3 is 2.67 bits per heavy atom. The third kappa shape index (κ3) is 1.82. The summed E-state index contributed by atoms with van der Waals surface area (Å²) in [4.78, 5) is 13.8. The first-order chi connectivity index (χ1) is 8.41. The number of hydrogen-bond donors (Lipinski definition) is 2. The van der Waals surface area contributed by atoms with Crippen LogP contribution in [0.4, 0.5) is 5.69 Å². The molecule has 0 radical (unpaired) electrons. The van der Waals surface area contributed by atoms with Gasteiger partial charge in [-0.05, 0) is 0 Å². The van der Waals surface area contributed by atoms with Crippen LogP contribution in [0.2, 0.25) is 5.02 Å². The van der Waals surface area contributed by atoms with Crippen molar-refractivity contribution in [2.45, 2.75) is 6.92 Å². The fraction of sp³-hybridized carbons (Fsp3) is 0.111. The van der Waals surface area contributed by atoms with Gasteiger partial charge in [-0.3, -0.25) is 10.1 Å². The van der Waals surface area contributed by atoms with Gasteiger partial charge in [-0.1, -0.05) is 16.8 Å². The Kier molecular flexibility index (Phi) is 2.79. The summed E-state index contributed by atoms with van der Waals surface area (Å²) in [6, 6.07) is 0.963. The Morgan fingerprint density at radius 2 is 2.17 bits per heavy atom. The summed E-state index contributed by atoms with van der Waals surface area (Å²) < 4.78 is 4.69. The van der Waals surface area contributed by atoms with Crippen LogP contribution in [0.5, 0.6) is 11.5 Å². The molecule has 0 spiro atoms. The third-order valence-electron chi connectivity index (χ3n) is 2.14. The van der Waals surface area contributed by atoms with Crippen LogP contribution in [0.15, 0.2) is 10.6 Å². The number of benzene rings is 1. The molecule has 2 rings (SSSR count). The quantitative estimate of drug-likeness (QED) is 0.486. The lowest BCUT2D eigenvalue weighted by Crippen LogP contribution is -1.95. The number of halogens is 1. The second-order valence-electron chi connectivity index (χ2n) is 3.34. The second kappa shape index (κ2) is 4.15. The van der Waals surface area contributed by atoms with Crippen LogP contribution in [0.1, 0.15) is 5.89 Å². The van der Waals surface area contributed by atoms with E-state index in [0.717, 1.165) is 6.07 Å². The molecule has 0 aliphatic heterocycles. The zero-order valence-corrected chi connectivity index (χ0v) is 9.67. The van der Waals surface area contributed by atoms with Gasteiger partial charge in [-0.15, -0.1) is 0 Å². The molecular formula is C9H6ClN3O5. The Balaban J connectivity index is 2.81. The smallest absolute Gasteiger partial charge is 0.327 e. The van der Waals surface area contributed by atoms with Gasteiger partial charge in [0.1, 0.15) is 5.56 Å². The lowest BCUT2D eigenvalue weighted by atomic mass is 10.1. The fourth-order valence-corrected chi connectivity index (χ4v) is 1.68. The van der Waals surface area contributed by atoms with E-state index in [4.69, 9.17) is 16.1 Å². The Morgan fingerprint density at radius 1 is 1.50 bits per heavy atom. The number of aromatic nitrogens is 2. The summed E-state index contributed by atoms with van der Waals surface area (Å²) in [5.74, 6) is -1.56. The summed E-state index contributed by atoms with van der Waals surface area (Å²) in [7, 11) is 0. The van der Waals surface area contributed by atoms with E-state index in [2.05, 4.69) is 10.1 Å². The average Bonchev–Trinajstić information content (AvgIpc) is 2.69. The normalized spacial score (nSPS) is 10.6. The molecule has 0 unspecified atom stereocenters. The summed E-state index contributed by atoms with van der Waals surface area (Å²) in [6.07, 6.45) is 0. The molecule has 0 fully saturated rings. The molecule has 0 aliphatic carbocycles. The van der Waals surface area contributed by atoms with E-state index in [0.29, 0.717) is 0 Å². The van der Waals surface area contributed by atoms with Crippen molar-refractivity contribution in [1.82, 2.24) is 10.1 Å². The number of rotatable bonds is 2. The van der Waals surface area contributed by atoms with Crippen molar-refractivity contribution in [1.29, 1.82) is 0 Å². The molecule has 2 aromatic rings. The summed E-state index contributed by atoms with van der Waals surface area (Å²) in [6.45, 7) is 1.50. The molecule has 18 heavy (non-hydrogen) atoms. The largest absolute Gasteiger partial charge is 0.504 e. The number of phenols is 2. The van der Waals surface area contributed by atoms with E-state index in [9.17, 15) is 20.3 Å². The Hall–Kier alpha value is -2.35. The molecule has 1 heterocycles. The van der Waals surface area contributed by atoms with Crippen LogP contribution in [0, 0.1) is 17.0 Å². The minimum absolute atomic E-state index is 0.139. The fourth-order valence-electron chi connectivity index (χ4n) is 1.40. The maximum atomic E-state index is 10.9. The van der Waals surface area contributed by atoms with E-state index in [1.165, 1.54) is 6.92 Å². The molecule has 1 aromatic carbocycles. The number of hydrogen-bond acceptors (Lipinski definition) is 7. The van der Waals surface area contributed by atoms with Gasteiger partial charge < -0.3 is 14.7 Å². The van der Waals surface area contributed by atoms with Gasteiger partial charge in [0, 0.05) is 13.0 Å². The molecule has 9 heteroatoms. The predicted octanol–water partition coefficient (Wildman–Crippen LogP) is 2.02. The number of nitro benzene ring substituents is 1. The van der Waals surface area contributed by atoms with Crippen LogP contribution in [-0.4, -0.2) is 25.3 Å². The van der Waals surface area contributed by atoms with E-state index >= 15 is 0 Å². The number of aryl methyl sites for hydroxylation is 1. The maximum absolute atomic E-state index is 10.9. The van der Waals surface area contributed by atoms with Crippen molar-refractivity contribution in [3.8, 4) is 22.9 Å². The van der Waals surface area contributed by atoms with Crippen LogP contribution < -0.4 is 0 Å². The SMILES string of the molecule is Cc1nc(-c2c(Cl)cc(O)c(O)c2[N+](=O)[O-])no1. The van der Waals surface area contributed by atoms with E-state index in [1.807, 2.05) is 0 Å². The van der Waals surface area contributed by atoms with E-state index < -0.39 is 22.1 Å². The minimum Gasteiger partial charge on any atom is -0.504 e. The first-order valence-electron chi connectivity index (χ1n) is 4.61. The van der Waals surface area contributed by atoms with Crippen molar-refractivity contribution < 1.29 is 19.7 Å². The molecule has 94 valence electrons. The summed E-state index contributed by atoms with van der Waals surface area (Å²) in [5, 5.41) is 33.0. The monoisotopic (exact) mass is 271 g/mol. The Bertz CT molecular complexity index is 639. The predicted molar refractivity (Wildman–Crippen MR) is 59.5 cm³/mol. The van der Waals surface area contributed by atoms with Gasteiger partial charge in [0.05, 0.1) is 9.95 Å². The van der Waals surface area contributed by atoms with Crippen LogP contribution in [-0.2, 0) is 0 Å².